The van der Waals surface area contributed by atoms with Gasteiger partial charge in [-0.05, 0) is 43.3 Å². The molecule has 3 aromatic heterocycles. The lowest BCUT2D eigenvalue weighted by Gasteiger charge is -2.13. The van der Waals surface area contributed by atoms with Gasteiger partial charge in [-0.3, -0.25) is 19.3 Å². The van der Waals surface area contributed by atoms with E-state index in [2.05, 4.69) is 25.9 Å². The Hall–Kier alpha value is -4.27. The second-order valence-electron chi connectivity index (χ2n) is 6.50. The predicted molar refractivity (Wildman–Crippen MR) is 110 cm³/mol. The lowest BCUT2D eigenvalue weighted by Crippen LogP contribution is -2.24. The fraction of sp³-hybridized carbons (Fsp3) is 0.0952. The maximum atomic E-state index is 12.5. The zero-order valence-electron chi connectivity index (χ0n) is 16.0. The number of aromatic nitrogens is 4. The maximum absolute atomic E-state index is 12.5. The first kappa shape index (κ1) is 19.1. The van der Waals surface area contributed by atoms with Gasteiger partial charge in [0.15, 0.2) is 11.5 Å². The Balaban J connectivity index is 1.42. The van der Waals surface area contributed by atoms with Crippen LogP contribution in [0.5, 0.6) is 0 Å². The monoisotopic (exact) mass is 402 g/mol. The normalized spacial score (nSPS) is 11.6. The summed E-state index contributed by atoms with van der Waals surface area (Å²) in [6.45, 7) is 1.75. The van der Waals surface area contributed by atoms with E-state index in [1.807, 2.05) is 0 Å². The molecule has 0 bridgehead atoms. The van der Waals surface area contributed by atoms with E-state index in [4.69, 9.17) is 4.52 Å². The molecule has 1 unspecified atom stereocenters. The van der Waals surface area contributed by atoms with E-state index >= 15 is 0 Å². The maximum Gasteiger partial charge on any atom is 0.277 e. The van der Waals surface area contributed by atoms with Gasteiger partial charge >= 0.3 is 0 Å². The smallest absolute Gasteiger partial charge is 0.277 e. The summed E-state index contributed by atoms with van der Waals surface area (Å²) in [5, 5.41) is 13.5. The van der Waals surface area contributed by atoms with Gasteiger partial charge < -0.3 is 15.2 Å². The molecule has 150 valence electrons. The molecule has 0 aliphatic carbocycles. The summed E-state index contributed by atoms with van der Waals surface area (Å²) in [5.41, 5.74) is 1.98. The van der Waals surface area contributed by atoms with E-state index in [0.717, 1.165) is 5.56 Å². The van der Waals surface area contributed by atoms with E-state index in [-0.39, 0.29) is 11.6 Å². The number of benzene rings is 1. The molecular formula is C21H18N6O3. The van der Waals surface area contributed by atoms with Crippen LogP contribution in [0.25, 0.3) is 11.3 Å². The highest BCUT2D eigenvalue weighted by atomic mass is 16.5. The van der Waals surface area contributed by atoms with Crippen molar-refractivity contribution in [1.82, 2.24) is 19.9 Å². The largest absolute Gasteiger partial charge is 0.355 e. The lowest BCUT2D eigenvalue weighted by molar-refractivity contribution is -0.119. The third-order valence-electron chi connectivity index (χ3n) is 4.40. The highest BCUT2D eigenvalue weighted by Crippen LogP contribution is 2.21. The molecule has 1 aromatic carbocycles. The molecular weight excluding hydrogens is 384 g/mol. The molecule has 0 spiro atoms. The summed E-state index contributed by atoms with van der Waals surface area (Å²) in [5.74, 6) is -0.177. The Morgan fingerprint density at radius 1 is 1.00 bits per heavy atom. The number of anilines is 2. The molecule has 4 aromatic rings. The van der Waals surface area contributed by atoms with Crippen LogP contribution in [0.4, 0.5) is 11.4 Å². The fourth-order valence-corrected chi connectivity index (χ4v) is 2.78. The number of hydrogen-bond acceptors (Lipinski definition) is 6. The van der Waals surface area contributed by atoms with Crippen LogP contribution in [0.1, 0.15) is 23.5 Å². The number of hydrogen-bond donors (Lipinski definition) is 2. The van der Waals surface area contributed by atoms with E-state index in [1.54, 1.807) is 84.9 Å². The van der Waals surface area contributed by atoms with Gasteiger partial charge in [0.25, 0.3) is 5.91 Å². The van der Waals surface area contributed by atoms with Crippen molar-refractivity contribution in [1.29, 1.82) is 0 Å². The van der Waals surface area contributed by atoms with Crippen LogP contribution >= 0.6 is 0 Å². The number of nitrogens with one attached hydrogen (secondary N) is 2. The molecule has 3 heterocycles. The third kappa shape index (κ3) is 4.25. The summed E-state index contributed by atoms with van der Waals surface area (Å²) >= 11 is 0. The molecule has 0 fully saturated rings. The third-order valence-corrected chi connectivity index (χ3v) is 4.40. The van der Waals surface area contributed by atoms with Crippen molar-refractivity contribution in [3.05, 3.63) is 79.0 Å². The molecule has 2 amide bonds. The first-order valence-corrected chi connectivity index (χ1v) is 9.18. The minimum Gasteiger partial charge on any atom is -0.355 e. The van der Waals surface area contributed by atoms with Gasteiger partial charge in [-0.2, -0.15) is 5.10 Å². The van der Waals surface area contributed by atoms with Gasteiger partial charge in [0.05, 0.1) is 0 Å². The number of carbonyl (C=O) groups excluding carboxylic acids is 2. The van der Waals surface area contributed by atoms with Crippen LogP contribution in [-0.4, -0.2) is 31.7 Å². The average Bonchev–Trinajstić information content (AvgIpc) is 3.46. The van der Waals surface area contributed by atoms with Crippen LogP contribution in [0.3, 0.4) is 0 Å². The predicted octanol–water partition coefficient (Wildman–Crippen LogP) is 3.39. The molecule has 9 nitrogen and oxygen atoms in total. The van der Waals surface area contributed by atoms with Gasteiger partial charge in [0.1, 0.15) is 6.04 Å². The van der Waals surface area contributed by atoms with Crippen molar-refractivity contribution >= 4 is 23.2 Å². The van der Waals surface area contributed by atoms with Crippen molar-refractivity contribution in [2.75, 3.05) is 10.6 Å². The van der Waals surface area contributed by atoms with Crippen LogP contribution < -0.4 is 10.6 Å². The number of nitrogens with zero attached hydrogens (tertiary/aromatic N) is 4. The Kier molecular flexibility index (Phi) is 5.33. The van der Waals surface area contributed by atoms with Gasteiger partial charge in [-0.25, -0.2) is 0 Å². The lowest BCUT2D eigenvalue weighted by atomic mass is 10.2. The van der Waals surface area contributed by atoms with Crippen molar-refractivity contribution in [2.45, 2.75) is 13.0 Å². The summed E-state index contributed by atoms with van der Waals surface area (Å²) in [6.07, 6.45) is 6.60. The molecule has 2 N–H and O–H groups in total. The summed E-state index contributed by atoms with van der Waals surface area (Å²) in [4.78, 5) is 28.9. The Labute approximate surface area is 171 Å². The molecule has 0 aliphatic heterocycles. The van der Waals surface area contributed by atoms with Crippen LogP contribution in [0, 0.1) is 0 Å². The van der Waals surface area contributed by atoms with Crippen LogP contribution in [0.15, 0.2) is 77.8 Å². The van der Waals surface area contributed by atoms with Crippen molar-refractivity contribution in [2.24, 2.45) is 0 Å². The van der Waals surface area contributed by atoms with E-state index in [0.29, 0.717) is 17.1 Å². The Morgan fingerprint density at radius 3 is 2.50 bits per heavy atom. The zero-order valence-corrected chi connectivity index (χ0v) is 16.0. The Morgan fingerprint density at radius 2 is 1.77 bits per heavy atom. The highest BCUT2D eigenvalue weighted by molar-refractivity contribution is 6.03. The highest BCUT2D eigenvalue weighted by Gasteiger charge is 2.16. The van der Waals surface area contributed by atoms with Gasteiger partial charge in [-0.15, -0.1) is 0 Å². The number of pyridine rings is 1. The molecule has 4 rings (SSSR count). The molecule has 1 atom stereocenters. The van der Waals surface area contributed by atoms with Crippen molar-refractivity contribution < 1.29 is 14.1 Å². The average molecular weight is 402 g/mol. The summed E-state index contributed by atoms with van der Waals surface area (Å²) in [6, 6.07) is 13.2. The quantitative estimate of drug-likeness (QED) is 0.511. The first-order chi connectivity index (χ1) is 14.6. The fourth-order valence-electron chi connectivity index (χ4n) is 2.78. The second kappa shape index (κ2) is 8.39. The molecule has 9 heteroatoms. The topological polar surface area (TPSA) is 115 Å². The van der Waals surface area contributed by atoms with E-state index < -0.39 is 11.9 Å². The number of rotatable bonds is 6. The summed E-state index contributed by atoms with van der Waals surface area (Å²) < 4.78 is 6.81. The van der Waals surface area contributed by atoms with Gasteiger partial charge in [0.2, 0.25) is 5.91 Å². The zero-order chi connectivity index (χ0) is 20.9. The second-order valence-corrected chi connectivity index (χ2v) is 6.50. The minimum absolute atomic E-state index is 0.142. The number of amides is 2. The molecule has 0 saturated carbocycles. The standard InChI is InChI=1S/C21H18N6O3/c1-14(27-11-3-8-23-27)20(28)24-16-4-2-5-17(12-16)25-21(29)18-13-19(30-26-18)15-6-9-22-10-7-15/h2-14H,1H3,(H,24,28)(H,25,29). The van der Waals surface area contributed by atoms with Crippen molar-refractivity contribution in [3.8, 4) is 11.3 Å². The molecule has 0 saturated heterocycles. The van der Waals surface area contributed by atoms with Crippen LogP contribution in [0.2, 0.25) is 0 Å². The van der Waals surface area contributed by atoms with E-state index in [1.165, 1.54) is 0 Å². The van der Waals surface area contributed by atoms with Gasteiger partial charge in [0, 0.05) is 47.8 Å². The number of carbonyl (C=O) groups is 2. The molecule has 0 radical (unpaired) electrons. The first-order valence-electron chi connectivity index (χ1n) is 9.18. The Bertz CT molecular complexity index is 1150. The summed E-state index contributed by atoms with van der Waals surface area (Å²) in [7, 11) is 0. The van der Waals surface area contributed by atoms with Gasteiger partial charge in [-0.1, -0.05) is 11.2 Å². The van der Waals surface area contributed by atoms with Crippen molar-refractivity contribution in [3.63, 3.8) is 0 Å². The SMILES string of the molecule is CC(C(=O)Nc1cccc(NC(=O)c2cc(-c3ccncc3)on2)c1)n1cccn1. The molecule has 30 heavy (non-hydrogen) atoms. The minimum atomic E-state index is -0.472. The van der Waals surface area contributed by atoms with E-state index in [9.17, 15) is 9.59 Å². The molecule has 0 aliphatic rings. The van der Waals surface area contributed by atoms with Crippen LogP contribution in [-0.2, 0) is 4.79 Å².